The molecule has 0 radical (unpaired) electrons. The molecule has 3 amide bonds. The zero-order valence-corrected chi connectivity index (χ0v) is 13.6. The van der Waals surface area contributed by atoms with Crippen LogP contribution in [0.15, 0.2) is 48.5 Å². The summed E-state index contributed by atoms with van der Waals surface area (Å²) in [5.74, 6) is -1.47. The van der Waals surface area contributed by atoms with E-state index in [0.717, 1.165) is 0 Å². The molecule has 2 atom stereocenters. The smallest absolute Gasteiger partial charge is 0.312 e. The molecule has 132 valence electrons. The molecule has 7 heteroatoms. The van der Waals surface area contributed by atoms with Gasteiger partial charge in [0.1, 0.15) is 11.6 Å². The van der Waals surface area contributed by atoms with Gasteiger partial charge in [-0.05, 0) is 19.1 Å². The van der Waals surface area contributed by atoms with Crippen LogP contribution < -0.4 is 16.4 Å². The van der Waals surface area contributed by atoms with Gasteiger partial charge in [-0.25, -0.2) is 13.6 Å². The first-order valence-electron chi connectivity index (χ1n) is 7.72. The van der Waals surface area contributed by atoms with Crippen LogP contribution in [0.3, 0.4) is 0 Å². The monoisotopic (exact) mass is 347 g/mol. The van der Waals surface area contributed by atoms with Gasteiger partial charge >= 0.3 is 6.03 Å². The van der Waals surface area contributed by atoms with E-state index in [1.54, 1.807) is 31.2 Å². The molecule has 0 heterocycles. The highest BCUT2D eigenvalue weighted by atomic mass is 19.1. The van der Waals surface area contributed by atoms with Crippen LogP contribution >= 0.6 is 0 Å². The molecule has 0 saturated carbocycles. The molecule has 0 aliphatic heterocycles. The van der Waals surface area contributed by atoms with Crippen molar-refractivity contribution in [3.63, 3.8) is 0 Å². The van der Waals surface area contributed by atoms with Gasteiger partial charge in [-0.1, -0.05) is 36.4 Å². The number of halogens is 2. The lowest BCUT2D eigenvalue weighted by Gasteiger charge is -2.20. The van der Waals surface area contributed by atoms with Crippen molar-refractivity contribution in [2.24, 2.45) is 5.73 Å². The van der Waals surface area contributed by atoms with E-state index in [1.807, 2.05) is 0 Å². The van der Waals surface area contributed by atoms with E-state index in [-0.39, 0.29) is 12.0 Å². The van der Waals surface area contributed by atoms with Crippen LogP contribution in [0.25, 0.3) is 0 Å². The molecule has 2 aromatic carbocycles. The van der Waals surface area contributed by atoms with Crippen molar-refractivity contribution in [3.8, 4) is 0 Å². The maximum atomic E-state index is 13.9. The van der Waals surface area contributed by atoms with Crippen molar-refractivity contribution in [2.45, 2.75) is 25.4 Å². The summed E-state index contributed by atoms with van der Waals surface area (Å²) in [5, 5.41) is 4.99. The predicted octanol–water partition coefficient (Wildman–Crippen LogP) is 2.94. The Morgan fingerprint density at radius 2 is 1.48 bits per heavy atom. The first kappa shape index (κ1) is 18.4. The van der Waals surface area contributed by atoms with Crippen molar-refractivity contribution >= 4 is 11.9 Å². The Hall–Kier alpha value is -2.96. The summed E-state index contributed by atoms with van der Waals surface area (Å²) in [6.07, 6.45) is -0.233. The highest BCUT2D eigenvalue weighted by molar-refractivity contribution is 5.79. The molecule has 25 heavy (non-hydrogen) atoms. The third-order valence-corrected chi connectivity index (χ3v) is 3.74. The molecule has 2 unspecified atom stereocenters. The molecule has 2 rings (SSSR count). The number of carbonyl (C=O) groups is 2. The average Bonchev–Trinajstić information content (AvgIpc) is 2.54. The van der Waals surface area contributed by atoms with E-state index >= 15 is 0 Å². The van der Waals surface area contributed by atoms with E-state index < -0.39 is 35.7 Å². The van der Waals surface area contributed by atoms with Crippen molar-refractivity contribution in [2.75, 3.05) is 0 Å². The van der Waals surface area contributed by atoms with Gasteiger partial charge in [0.25, 0.3) is 0 Å². The Balaban J connectivity index is 2.11. The fraction of sp³-hybridized carbons (Fsp3) is 0.222. The lowest BCUT2D eigenvalue weighted by atomic mass is 10.0. The molecule has 5 nitrogen and oxygen atoms in total. The molecular weight excluding hydrogens is 328 g/mol. The number of nitrogens with two attached hydrogens (primary N) is 1. The molecule has 0 aliphatic carbocycles. The second-order valence-corrected chi connectivity index (χ2v) is 5.60. The molecule has 0 bridgehead atoms. The number of carbonyl (C=O) groups excluding carboxylic acids is 2. The zero-order chi connectivity index (χ0) is 18.4. The van der Waals surface area contributed by atoms with Crippen LogP contribution in [0, 0.1) is 11.6 Å². The molecule has 0 fully saturated rings. The van der Waals surface area contributed by atoms with Crippen molar-refractivity contribution in [1.29, 1.82) is 0 Å². The van der Waals surface area contributed by atoms with Crippen molar-refractivity contribution in [1.82, 2.24) is 10.6 Å². The molecule has 2 aromatic rings. The van der Waals surface area contributed by atoms with Crippen molar-refractivity contribution in [3.05, 3.63) is 71.3 Å². The van der Waals surface area contributed by atoms with Gasteiger partial charge in [0.05, 0.1) is 18.5 Å². The maximum Gasteiger partial charge on any atom is 0.312 e. The number of urea groups is 1. The maximum absolute atomic E-state index is 13.9. The molecule has 4 N–H and O–H groups in total. The fourth-order valence-electron chi connectivity index (χ4n) is 2.56. The average molecular weight is 347 g/mol. The summed E-state index contributed by atoms with van der Waals surface area (Å²) in [5.41, 5.74) is 5.60. The van der Waals surface area contributed by atoms with Crippen molar-refractivity contribution < 1.29 is 18.4 Å². The fourth-order valence-corrected chi connectivity index (χ4v) is 2.56. The van der Waals surface area contributed by atoms with E-state index in [9.17, 15) is 18.4 Å². The minimum absolute atomic E-state index is 0.148. The second kappa shape index (κ2) is 8.23. The Morgan fingerprint density at radius 3 is 2.00 bits per heavy atom. The highest BCUT2D eigenvalue weighted by Gasteiger charge is 2.22. The molecule has 0 aliphatic rings. The van der Waals surface area contributed by atoms with Crippen LogP contribution in [0.2, 0.25) is 0 Å². The normalized spacial score (nSPS) is 12.9. The SMILES string of the molecule is CC(NC(=O)CC(NC(N)=O)c1ccccc1F)c1ccccc1F. The minimum Gasteiger partial charge on any atom is -0.352 e. The molecule has 0 aromatic heterocycles. The number of rotatable bonds is 6. The molecular formula is C18H19F2N3O2. The number of nitrogens with one attached hydrogen (secondary N) is 2. The second-order valence-electron chi connectivity index (χ2n) is 5.60. The van der Waals surface area contributed by atoms with Crippen LogP contribution in [-0.4, -0.2) is 11.9 Å². The number of primary amides is 1. The van der Waals surface area contributed by atoms with Gasteiger partial charge in [-0.2, -0.15) is 0 Å². The van der Waals surface area contributed by atoms with Crippen LogP contribution in [0.1, 0.15) is 36.6 Å². The van der Waals surface area contributed by atoms with Crippen LogP contribution in [-0.2, 0) is 4.79 Å². The molecule has 0 saturated heterocycles. The summed E-state index contributed by atoms with van der Waals surface area (Å²) >= 11 is 0. The largest absolute Gasteiger partial charge is 0.352 e. The number of hydrogen-bond donors (Lipinski definition) is 3. The van der Waals surface area contributed by atoms with E-state index in [4.69, 9.17) is 5.73 Å². The summed E-state index contributed by atoms with van der Waals surface area (Å²) in [6.45, 7) is 1.63. The van der Waals surface area contributed by atoms with Crippen LogP contribution in [0.5, 0.6) is 0 Å². The minimum atomic E-state index is -0.925. The first-order chi connectivity index (χ1) is 11.9. The Bertz CT molecular complexity index is 767. The Labute approximate surface area is 144 Å². The predicted molar refractivity (Wildman–Crippen MR) is 89.4 cm³/mol. The third-order valence-electron chi connectivity index (χ3n) is 3.74. The zero-order valence-electron chi connectivity index (χ0n) is 13.6. The van der Waals surface area contributed by atoms with Gasteiger partial charge in [0.2, 0.25) is 5.91 Å². The van der Waals surface area contributed by atoms with E-state index in [1.165, 1.54) is 24.3 Å². The van der Waals surface area contributed by atoms with Gasteiger partial charge in [0.15, 0.2) is 0 Å². The van der Waals surface area contributed by atoms with Gasteiger partial charge in [0, 0.05) is 11.1 Å². The number of benzene rings is 2. The summed E-state index contributed by atoms with van der Waals surface area (Å²) in [7, 11) is 0. The van der Waals surface area contributed by atoms with E-state index in [0.29, 0.717) is 5.56 Å². The Morgan fingerprint density at radius 1 is 0.960 bits per heavy atom. The quantitative estimate of drug-likeness (QED) is 0.751. The highest BCUT2D eigenvalue weighted by Crippen LogP contribution is 2.21. The first-order valence-corrected chi connectivity index (χ1v) is 7.72. The lowest BCUT2D eigenvalue weighted by Crippen LogP contribution is -2.37. The van der Waals surface area contributed by atoms with Gasteiger partial charge in [-0.15, -0.1) is 0 Å². The summed E-state index contributed by atoms with van der Waals surface area (Å²) < 4.78 is 27.7. The number of hydrogen-bond acceptors (Lipinski definition) is 2. The van der Waals surface area contributed by atoms with Gasteiger partial charge < -0.3 is 16.4 Å². The third kappa shape index (κ3) is 5.00. The van der Waals surface area contributed by atoms with E-state index in [2.05, 4.69) is 10.6 Å². The van der Waals surface area contributed by atoms with Crippen LogP contribution in [0.4, 0.5) is 13.6 Å². The Kier molecular flexibility index (Phi) is 6.05. The summed E-state index contributed by atoms with van der Waals surface area (Å²) in [6, 6.07) is 9.49. The molecule has 0 spiro atoms. The number of amides is 3. The lowest BCUT2D eigenvalue weighted by molar-refractivity contribution is -0.122. The van der Waals surface area contributed by atoms with Gasteiger partial charge in [-0.3, -0.25) is 4.79 Å². The summed E-state index contributed by atoms with van der Waals surface area (Å²) in [4.78, 5) is 23.4. The topological polar surface area (TPSA) is 84.2 Å². The standard InChI is InChI=1S/C18H19F2N3O2/c1-11(12-6-2-4-8-14(12)19)22-17(24)10-16(23-18(21)25)13-7-3-5-9-15(13)20/h2-9,11,16H,10H2,1H3,(H,22,24)(H3,21,23,25).